The monoisotopic (exact) mass is 489 g/mol. The minimum absolute atomic E-state index is 0.189. The summed E-state index contributed by atoms with van der Waals surface area (Å²) in [6, 6.07) is 6.58. The smallest absolute Gasteiger partial charge is 0.419 e. The lowest BCUT2D eigenvalue weighted by Gasteiger charge is -2.24. The van der Waals surface area contributed by atoms with Crippen LogP contribution in [-0.4, -0.2) is 32.8 Å². The fraction of sp³-hybridized carbons (Fsp3) is 0.348. The molecule has 0 spiro atoms. The molecule has 0 bridgehead atoms. The second-order valence-electron chi connectivity index (χ2n) is 8.14. The topological polar surface area (TPSA) is 87.6 Å². The number of anilines is 1. The molecule has 0 atom stereocenters. The Hall–Kier alpha value is -3.34. The lowest BCUT2D eigenvalue weighted by atomic mass is 9.98. The van der Waals surface area contributed by atoms with Crippen LogP contribution < -0.4 is 15.2 Å². The van der Waals surface area contributed by atoms with Gasteiger partial charge < -0.3 is 15.2 Å². The molecule has 0 saturated heterocycles. The second-order valence-corrected chi connectivity index (χ2v) is 9.10. The number of aromatic nitrogens is 4. The molecule has 1 aromatic carbocycles. The van der Waals surface area contributed by atoms with Crippen molar-refractivity contribution in [1.82, 2.24) is 19.6 Å². The first kappa shape index (κ1) is 22.5. The number of hydrogen-bond acceptors (Lipinski definition) is 7. The Labute approximate surface area is 197 Å². The molecule has 0 radical (unpaired) electrons. The third-order valence-electron chi connectivity index (χ3n) is 5.86. The molecule has 3 aromatic heterocycles. The first-order valence-electron chi connectivity index (χ1n) is 10.9. The normalized spacial score (nSPS) is 15.1. The number of pyridine rings is 1. The van der Waals surface area contributed by atoms with Crippen LogP contribution in [0, 0.1) is 0 Å². The summed E-state index contributed by atoms with van der Waals surface area (Å²) in [5.74, 6) is 0.722. The first-order chi connectivity index (χ1) is 16.3. The van der Waals surface area contributed by atoms with Gasteiger partial charge in [-0.1, -0.05) is 17.8 Å². The summed E-state index contributed by atoms with van der Waals surface area (Å²) < 4.78 is 53.1. The number of fused-ring (bicyclic) bond motifs is 1. The van der Waals surface area contributed by atoms with Crippen LogP contribution in [0.2, 0.25) is 0 Å². The van der Waals surface area contributed by atoms with Gasteiger partial charge in [0.25, 0.3) is 0 Å². The van der Waals surface area contributed by atoms with E-state index in [1.807, 2.05) is 18.2 Å². The average molecular weight is 490 g/mol. The molecule has 1 saturated carbocycles. The number of methoxy groups -OCH3 is 1. The minimum Gasteiger partial charge on any atom is -0.493 e. The molecule has 178 valence electrons. The number of nitrogens with two attached hydrogens (primary N) is 1. The number of imidazole rings is 1. The summed E-state index contributed by atoms with van der Waals surface area (Å²) in [5.41, 5.74) is 5.84. The number of benzene rings is 1. The number of nitrogen functional groups attached to an aromatic ring is 1. The van der Waals surface area contributed by atoms with Crippen LogP contribution >= 0.6 is 11.3 Å². The first-order valence-corrected chi connectivity index (χ1v) is 11.7. The van der Waals surface area contributed by atoms with Crippen LogP contribution in [0.1, 0.15) is 37.7 Å². The van der Waals surface area contributed by atoms with Crippen molar-refractivity contribution >= 4 is 22.1 Å². The van der Waals surface area contributed by atoms with E-state index in [4.69, 9.17) is 15.2 Å². The van der Waals surface area contributed by atoms with Crippen molar-refractivity contribution < 1.29 is 22.6 Å². The Balaban J connectivity index is 1.47. The predicted octanol–water partition coefficient (Wildman–Crippen LogP) is 5.84. The Morgan fingerprint density at radius 2 is 1.82 bits per heavy atom. The van der Waals surface area contributed by atoms with Gasteiger partial charge in [-0.25, -0.2) is 14.5 Å². The second kappa shape index (κ2) is 8.79. The van der Waals surface area contributed by atoms with E-state index >= 15 is 0 Å². The lowest BCUT2D eigenvalue weighted by molar-refractivity contribution is -0.137. The molecule has 1 fully saturated rings. The van der Waals surface area contributed by atoms with Gasteiger partial charge in [0.15, 0.2) is 11.5 Å². The van der Waals surface area contributed by atoms with Crippen LogP contribution in [0.15, 0.2) is 36.7 Å². The third-order valence-corrected chi connectivity index (χ3v) is 6.83. The van der Waals surface area contributed by atoms with E-state index in [9.17, 15) is 13.2 Å². The quantitative estimate of drug-likeness (QED) is 0.379. The van der Waals surface area contributed by atoms with Crippen LogP contribution in [0.5, 0.6) is 11.5 Å². The molecule has 4 aromatic rings. The summed E-state index contributed by atoms with van der Waals surface area (Å²) in [4.78, 5) is 8.57. The van der Waals surface area contributed by atoms with E-state index in [2.05, 4.69) is 15.1 Å². The highest BCUT2D eigenvalue weighted by Gasteiger charge is 2.34. The van der Waals surface area contributed by atoms with Gasteiger partial charge in [-0.3, -0.25) is 0 Å². The standard InChI is InChI=1S/C23H22F3N5O2S/c1-32-19-10-13(7-8-18(19)33-15-5-3-2-4-6-15)21-30-31-17(12-29-22(31)34-21)14-9-16(23(24,25)26)20(27)28-11-14/h7-12,15H,2-6H2,1H3,(H2,27,28). The van der Waals surface area contributed by atoms with Crippen LogP contribution in [0.25, 0.3) is 26.8 Å². The van der Waals surface area contributed by atoms with Crippen molar-refractivity contribution in [1.29, 1.82) is 0 Å². The van der Waals surface area contributed by atoms with Gasteiger partial charge in [0.05, 0.1) is 30.7 Å². The largest absolute Gasteiger partial charge is 0.493 e. The summed E-state index contributed by atoms with van der Waals surface area (Å²) >= 11 is 1.32. The number of ether oxygens (including phenoxy) is 2. The number of halogens is 3. The molecule has 34 heavy (non-hydrogen) atoms. The van der Waals surface area contributed by atoms with E-state index in [1.54, 1.807) is 7.11 Å². The minimum atomic E-state index is -4.61. The van der Waals surface area contributed by atoms with Gasteiger partial charge in [0.1, 0.15) is 10.8 Å². The Morgan fingerprint density at radius 1 is 1.03 bits per heavy atom. The number of alkyl halides is 3. The number of nitrogens with zero attached hydrogens (tertiary/aromatic N) is 4. The highest BCUT2D eigenvalue weighted by Crippen LogP contribution is 2.38. The SMILES string of the molecule is COc1cc(-c2nn3c(-c4cnc(N)c(C(F)(F)F)c4)cnc3s2)ccc1OC1CCCCC1. The van der Waals surface area contributed by atoms with E-state index in [1.165, 1.54) is 47.5 Å². The summed E-state index contributed by atoms with van der Waals surface area (Å²) in [6.45, 7) is 0. The molecule has 0 amide bonds. The highest BCUT2D eigenvalue weighted by atomic mass is 32.1. The fourth-order valence-corrected chi connectivity index (χ4v) is 4.98. The molecule has 0 aliphatic heterocycles. The maximum Gasteiger partial charge on any atom is 0.419 e. The van der Waals surface area contributed by atoms with Crippen LogP contribution in [0.4, 0.5) is 19.0 Å². The van der Waals surface area contributed by atoms with Crippen LogP contribution in [0.3, 0.4) is 0 Å². The van der Waals surface area contributed by atoms with E-state index in [0.29, 0.717) is 27.2 Å². The third kappa shape index (κ3) is 4.27. The number of hydrogen-bond donors (Lipinski definition) is 1. The molecule has 5 rings (SSSR count). The molecular weight excluding hydrogens is 467 g/mol. The Kier molecular flexibility index (Phi) is 5.80. The molecule has 1 aliphatic carbocycles. The van der Waals surface area contributed by atoms with Crippen molar-refractivity contribution in [2.24, 2.45) is 0 Å². The summed E-state index contributed by atoms with van der Waals surface area (Å²) in [6.07, 6.45) is 3.98. The maximum atomic E-state index is 13.3. The van der Waals surface area contributed by atoms with Gasteiger partial charge in [-0.2, -0.15) is 18.3 Å². The molecular formula is C23H22F3N5O2S. The fourth-order valence-electron chi connectivity index (χ4n) is 4.11. The highest BCUT2D eigenvalue weighted by molar-refractivity contribution is 7.19. The maximum absolute atomic E-state index is 13.3. The van der Waals surface area contributed by atoms with Gasteiger partial charge in [-0.05, 0) is 49.9 Å². The van der Waals surface area contributed by atoms with Crippen molar-refractivity contribution in [2.45, 2.75) is 44.4 Å². The summed E-state index contributed by atoms with van der Waals surface area (Å²) in [7, 11) is 1.59. The van der Waals surface area contributed by atoms with Crippen molar-refractivity contribution in [3.63, 3.8) is 0 Å². The molecule has 3 heterocycles. The summed E-state index contributed by atoms with van der Waals surface area (Å²) in [5, 5.41) is 5.24. The van der Waals surface area contributed by atoms with Crippen molar-refractivity contribution in [2.75, 3.05) is 12.8 Å². The van der Waals surface area contributed by atoms with Gasteiger partial charge in [0, 0.05) is 17.3 Å². The van der Waals surface area contributed by atoms with Crippen molar-refractivity contribution in [3.05, 3.63) is 42.2 Å². The zero-order valence-corrected chi connectivity index (χ0v) is 19.1. The average Bonchev–Trinajstić information content (AvgIpc) is 3.41. The van der Waals surface area contributed by atoms with E-state index in [-0.39, 0.29) is 11.7 Å². The molecule has 11 heteroatoms. The van der Waals surface area contributed by atoms with Gasteiger partial charge in [0.2, 0.25) is 4.96 Å². The van der Waals surface area contributed by atoms with Crippen LogP contribution in [-0.2, 0) is 6.18 Å². The predicted molar refractivity (Wildman–Crippen MR) is 123 cm³/mol. The van der Waals surface area contributed by atoms with Gasteiger partial charge >= 0.3 is 6.18 Å². The van der Waals surface area contributed by atoms with E-state index in [0.717, 1.165) is 24.5 Å². The Morgan fingerprint density at radius 3 is 2.56 bits per heavy atom. The Bertz CT molecular complexity index is 1330. The lowest BCUT2D eigenvalue weighted by Crippen LogP contribution is -2.19. The molecule has 7 nitrogen and oxygen atoms in total. The number of rotatable bonds is 5. The molecule has 0 unspecified atom stereocenters. The van der Waals surface area contributed by atoms with Crippen molar-refractivity contribution in [3.8, 4) is 33.3 Å². The molecule has 2 N–H and O–H groups in total. The van der Waals surface area contributed by atoms with Gasteiger partial charge in [-0.15, -0.1) is 0 Å². The molecule has 1 aliphatic rings. The zero-order chi connectivity index (χ0) is 23.9. The zero-order valence-electron chi connectivity index (χ0n) is 18.3. The van der Waals surface area contributed by atoms with E-state index < -0.39 is 17.6 Å².